The van der Waals surface area contributed by atoms with Crippen molar-refractivity contribution in [2.75, 3.05) is 11.4 Å². The Bertz CT molecular complexity index is 835. The van der Waals surface area contributed by atoms with Crippen LogP contribution in [0.4, 0.5) is 5.69 Å². The molecule has 6 nitrogen and oxygen atoms in total. The molecule has 116 valence electrons. The number of halogens is 1. The normalized spacial score (nSPS) is 11.2. The van der Waals surface area contributed by atoms with Gasteiger partial charge in [-0.05, 0) is 30.3 Å². The molecule has 0 aromatic heterocycles. The Morgan fingerprint density at radius 3 is 2.41 bits per heavy atom. The van der Waals surface area contributed by atoms with E-state index in [0.717, 1.165) is 16.4 Å². The molecule has 0 aliphatic carbocycles. The van der Waals surface area contributed by atoms with Gasteiger partial charge in [-0.3, -0.25) is 4.31 Å². The van der Waals surface area contributed by atoms with Crippen LogP contribution in [0.25, 0.3) is 0 Å². The van der Waals surface area contributed by atoms with Gasteiger partial charge in [-0.15, -0.1) is 0 Å². The zero-order valence-corrected chi connectivity index (χ0v) is 13.0. The van der Waals surface area contributed by atoms with Crippen molar-refractivity contribution in [3.8, 4) is 5.75 Å². The Morgan fingerprint density at radius 1 is 1.18 bits per heavy atom. The van der Waals surface area contributed by atoms with Crippen molar-refractivity contribution >= 4 is 33.3 Å². The Hall–Kier alpha value is -2.25. The predicted molar refractivity (Wildman–Crippen MR) is 82.1 cm³/mol. The first-order valence-electron chi connectivity index (χ1n) is 6.04. The Balaban J connectivity index is 2.46. The third-order valence-corrected chi connectivity index (χ3v) is 5.12. The number of aromatic carboxylic acids is 1. The molecule has 0 aliphatic heterocycles. The van der Waals surface area contributed by atoms with Crippen LogP contribution in [-0.2, 0) is 10.0 Å². The number of hydrogen-bond donors (Lipinski definition) is 2. The van der Waals surface area contributed by atoms with Crippen molar-refractivity contribution in [2.24, 2.45) is 0 Å². The van der Waals surface area contributed by atoms with E-state index < -0.39 is 16.0 Å². The number of anilines is 1. The first-order chi connectivity index (χ1) is 10.2. The quantitative estimate of drug-likeness (QED) is 0.891. The molecule has 2 rings (SSSR count). The second-order valence-corrected chi connectivity index (χ2v) is 6.82. The molecule has 2 aromatic rings. The molecule has 8 heteroatoms. The van der Waals surface area contributed by atoms with E-state index >= 15 is 0 Å². The van der Waals surface area contributed by atoms with Gasteiger partial charge in [-0.1, -0.05) is 17.7 Å². The summed E-state index contributed by atoms with van der Waals surface area (Å²) in [7, 11) is -2.61. The summed E-state index contributed by atoms with van der Waals surface area (Å²) in [5, 5.41) is 18.2. The van der Waals surface area contributed by atoms with Crippen molar-refractivity contribution in [2.45, 2.75) is 4.90 Å². The average Bonchev–Trinajstić information content (AvgIpc) is 2.45. The molecule has 0 bridgehead atoms. The molecule has 2 N–H and O–H groups in total. The number of carboxylic acid groups (broad SMARTS) is 1. The van der Waals surface area contributed by atoms with Gasteiger partial charge in [0, 0.05) is 13.1 Å². The van der Waals surface area contributed by atoms with Gasteiger partial charge in [0.15, 0.2) is 0 Å². The molecule has 0 fully saturated rings. The molecule has 0 amide bonds. The van der Waals surface area contributed by atoms with E-state index in [9.17, 15) is 18.3 Å². The van der Waals surface area contributed by atoms with Crippen molar-refractivity contribution in [1.82, 2.24) is 0 Å². The average molecular weight is 342 g/mol. The lowest BCUT2D eigenvalue weighted by Gasteiger charge is -2.20. The number of phenols is 1. The van der Waals surface area contributed by atoms with Crippen molar-refractivity contribution in [3.05, 3.63) is 53.1 Å². The van der Waals surface area contributed by atoms with Crippen LogP contribution in [0.15, 0.2) is 47.4 Å². The lowest BCUT2D eigenvalue weighted by atomic mass is 10.2. The number of nitrogens with zero attached hydrogens (tertiary/aromatic N) is 1. The first-order valence-corrected chi connectivity index (χ1v) is 7.86. The number of carbonyl (C=O) groups is 1. The number of aromatic hydroxyl groups is 1. The smallest absolute Gasteiger partial charge is 0.337 e. The van der Waals surface area contributed by atoms with Crippen molar-refractivity contribution < 1.29 is 23.4 Å². The van der Waals surface area contributed by atoms with Gasteiger partial charge in [-0.25, -0.2) is 13.2 Å². The summed E-state index contributed by atoms with van der Waals surface area (Å²) < 4.78 is 26.0. The van der Waals surface area contributed by atoms with E-state index in [0.29, 0.717) is 0 Å². The van der Waals surface area contributed by atoms with Crippen molar-refractivity contribution in [1.29, 1.82) is 0 Å². The maximum Gasteiger partial charge on any atom is 0.337 e. The molecule has 0 aliphatic rings. The van der Waals surface area contributed by atoms with Gasteiger partial charge in [0.25, 0.3) is 10.0 Å². The SMILES string of the molecule is CN(c1cccc(O)c1)S(=O)(=O)c1ccc(C(=O)O)c(Cl)c1. The third kappa shape index (κ3) is 3.00. The highest BCUT2D eigenvalue weighted by Crippen LogP contribution is 2.27. The molecule has 2 aromatic carbocycles. The van der Waals surface area contributed by atoms with E-state index in [4.69, 9.17) is 16.7 Å². The number of carboxylic acids is 1. The summed E-state index contributed by atoms with van der Waals surface area (Å²) in [6.45, 7) is 0. The number of sulfonamides is 1. The van der Waals surface area contributed by atoms with Gasteiger partial charge in [-0.2, -0.15) is 0 Å². The summed E-state index contributed by atoms with van der Waals surface area (Å²) in [5.74, 6) is -1.31. The molecule has 0 saturated carbocycles. The van der Waals surface area contributed by atoms with Gasteiger partial charge in [0.05, 0.1) is 21.2 Å². The van der Waals surface area contributed by atoms with Crippen LogP contribution in [0.1, 0.15) is 10.4 Å². The van der Waals surface area contributed by atoms with E-state index in [1.807, 2.05) is 0 Å². The summed E-state index contributed by atoms with van der Waals surface area (Å²) in [4.78, 5) is 10.8. The molecule has 0 radical (unpaired) electrons. The van der Waals surface area contributed by atoms with Crippen LogP contribution in [0.2, 0.25) is 5.02 Å². The first kappa shape index (κ1) is 16.1. The summed E-state index contributed by atoms with van der Waals surface area (Å²) in [6.07, 6.45) is 0. The highest BCUT2D eigenvalue weighted by molar-refractivity contribution is 7.92. The minimum Gasteiger partial charge on any atom is -0.508 e. The van der Waals surface area contributed by atoms with E-state index in [1.165, 1.54) is 37.4 Å². The summed E-state index contributed by atoms with van der Waals surface area (Å²) >= 11 is 5.80. The fraction of sp³-hybridized carbons (Fsp3) is 0.0714. The van der Waals surface area contributed by atoms with Crippen LogP contribution in [0.5, 0.6) is 5.75 Å². The molecule has 0 heterocycles. The van der Waals surface area contributed by atoms with Crippen LogP contribution >= 0.6 is 11.6 Å². The molecule has 0 saturated heterocycles. The minimum atomic E-state index is -3.93. The van der Waals surface area contributed by atoms with Crippen LogP contribution in [0.3, 0.4) is 0 Å². The summed E-state index contributed by atoms with van der Waals surface area (Å²) in [5.41, 5.74) is 0.0825. The maximum absolute atomic E-state index is 12.5. The van der Waals surface area contributed by atoms with Crippen molar-refractivity contribution in [3.63, 3.8) is 0 Å². The predicted octanol–water partition coefficient (Wildman–Crippen LogP) is 2.57. The van der Waals surface area contributed by atoms with E-state index in [1.54, 1.807) is 0 Å². The van der Waals surface area contributed by atoms with E-state index in [2.05, 4.69) is 0 Å². The molecular formula is C14H12ClNO5S. The van der Waals surface area contributed by atoms with Gasteiger partial charge in [0.2, 0.25) is 0 Å². The zero-order chi connectivity index (χ0) is 16.5. The second-order valence-electron chi connectivity index (χ2n) is 4.44. The Labute approximate surface area is 132 Å². The standard InChI is InChI=1S/C14H12ClNO5S/c1-16(9-3-2-4-10(17)7-9)22(20,21)11-5-6-12(14(18)19)13(15)8-11/h2-8,17H,1H3,(H,18,19). The van der Waals surface area contributed by atoms with Gasteiger partial charge >= 0.3 is 5.97 Å². The second kappa shape index (κ2) is 5.86. The van der Waals surface area contributed by atoms with Crippen LogP contribution < -0.4 is 4.31 Å². The number of phenolic OH excluding ortho intramolecular Hbond substituents is 1. The van der Waals surface area contributed by atoms with Gasteiger partial charge in [0.1, 0.15) is 5.75 Å². The largest absolute Gasteiger partial charge is 0.508 e. The van der Waals surface area contributed by atoms with Gasteiger partial charge < -0.3 is 10.2 Å². The fourth-order valence-electron chi connectivity index (χ4n) is 1.82. The highest BCUT2D eigenvalue weighted by atomic mass is 35.5. The van der Waals surface area contributed by atoms with Crippen LogP contribution in [0, 0.1) is 0 Å². The number of benzene rings is 2. The fourth-order valence-corrected chi connectivity index (χ4v) is 3.36. The molecular weight excluding hydrogens is 330 g/mol. The van der Waals surface area contributed by atoms with E-state index in [-0.39, 0.29) is 26.9 Å². The molecule has 0 atom stereocenters. The number of rotatable bonds is 4. The third-order valence-electron chi connectivity index (χ3n) is 3.02. The Morgan fingerprint density at radius 2 is 1.86 bits per heavy atom. The minimum absolute atomic E-state index is 0.0705. The lowest BCUT2D eigenvalue weighted by molar-refractivity contribution is 0.0697. The lowest BCUT2D eigenvalue weighted by Crippen LogP contribution is -2.26. The Kier molecular flexibility index (Phi) is 4.30. The number of hydrogen-bond acceptors (Lipinski definition) is 4. The highest BCUT2D eigenvalue weighted by Gasteiger charge is 2.23. The molecule has 0 spiro atoms. The maximum atomic E-state index is 12.5. The molecule has 0 unspecified atom stereocenters. The monoisotopic (exact) mass is 341 g/mol. The summed E-state index contributed by atoms with van der Waals surface area (Å²) in [6, 6.07) is 9.13. The van der Waals surface area contributed by atoms with Crippen LogP contribution in [-0.4, -0.2) is 31.6 Å². The molecule has 22 heavy (non-hydrogen) atoms. The zero-order valence-electron chi connectivity index (χ0n) is 11.4. The topological polar surface area (TPSA) is 94.9 Å².